The van der Waals surface area contributed by atoms with Crippen LogP contribution in [0.4, 0.5) is 16.5 Å². The van der Waals surface area contributed by atoms with Crippen LogP contribution in [0.5, 0.6) is 0 Å². The molecule has 3 aromatic rings. The molecule has 0 aliphatic carbocycles. The fourth-order valence-electron chi connectivity index (χ4n) is 2.38. The van der Waals surface area contributed by atoms with Gasteiger partial charge in [0.15, 0.2) is 5.13 Å². The Hall–Kier alpha value is -2.67. The molecule has 142 valence electrons. The topological polar surface area (TPSA) is 62.3 Å². The molecule has 1 aromatic heterocycles. The molecule has 0 aliphatic rings. The van der Waals surface area contributed by atoms with Crippen molar-refractivity contribution in [2.45, 2.75) is 6.92 Å². The zero-order chi connectivity index (χ0) is 20.1. The number of para-hydroxylation sites is 1. The van der Waals surface area contributed by atoms with Crippen molar-refractivity contribution in [1.29, 1.82) is 0 Å². The van der Waals surface area contributed by atoms with E-state index >= 15 is 0 Å². The summed E-state index contributed by atoms with van der Waals surface area (Å²) in [6.45, 7) is 1.48. The van der Waals surface area contributed by atoms with Gasteiger partial charge in [0.05, 0.1) is 21.4 Å². The molecule has 0 unspecified atom stereocenters. The first kappa shape index (κ1) is 20.1. The molecule has 8 heteroatoms. The molecule has 0 spiro atoms. The van der Waals surface area contributed by atoms with Gasteiger partial charge in [0.1, 0.15) is 0 Å². The molecular weight excluding hydrogens is 417 g/mol. The highest BCUT2D eigenvalue weighted by molar-refractivity contribution is 7.14. The zero-order valence-electron chi connectivity index (χ0n) is 14.7. The third kappa shape index (κ3) is 4.98. The lowest BCUT2D eigenvalue weighted by atomic mass is 10.3. The summed E-state index contributed by atoms with van der Waals surface area (Å²) >= 11 is 13.1. The van der Waals surface area contributed by atoms with E-state index in [4.69, 9.17) is 23.2 Å². The highest BCUT2D eigenvalue weighted by Crippen LogP contribution is 2.29. The molecule has 28 heavy (non-hydrogen) atoms. The number of hydrogen-bond donors (Lipinski definition) is 1. The first-order valence-electron chi connectivity index (χ1n) is 8.19. The molecule has 2 amide bonds. The van der Waals surface area contributed by atoms with E-state index in [0.29, 0.717) is 26.6 Å². The summed E-state index contributed by atoms with van der Waals surface area (Å²) in [5.74, 6) is -0.479. The summed E-state index contributed by atoms with van der Waals surface area (Å²) in [7, 11) is 0. The lowest BCUT2D eigenvalue weighted by molar-refractivity contribution is -0.116. The Bertz CT molecular complexity index is 1030. The van der Waals surface area contributed by atoms with Crippen LogP contribution < -0.4 is 10.2 Å². The third-order valence-corrected chi connectivity index (χ3v) is 5.21. The highest BCUT2D eigenvalue weighted by atomic mass is 35.5. The third-order valence-electron chi connectivity index (χ3n) is 3.62. The van der Waals surface area contributed by atoms with Gasteiger partial charge in [0, 0.05) is 24.1 Å². The van der Waals surface area contributed by atoms with Gasteiger partial charge in [-0.2, -0.15) is 0 Å². The number of carbonyl (C=O) groups excluding carboxylic acids is 2. The van der Waals surface area contributed by atoms with E-state index in [1.807, 2.05) is 30.3 Å². The maximum Gasteiger partial charge on any atom is 0.248 e. The number of benzene rings is 2. The van der Waals surface area contributed by atoms with Crippen molar-refractivity contribution in [2.75, 3.05) is 10.2 Å². The molecule has 0 saturated heterocycles. The van der Waals surface area contributed by atoms with Crippen LogP contribution >= 0.6 is 34.5 Å². The second-order valence-electron chi connectivity index (χ2n) is 5.70. The lowest BCUT2D eigenvalue weighted by Crippen LogP contribution is -2.22. The van der Waals surface area contributed by atoms with E-state index in [0.717, 1.165) is 5.69 Å². The number of thiazole rings is 1. The van der Waals surface area contributed by atoms with Crippen molar-refractivity contribution in [1.82, 2.24) is 4.98 Å². The van der Waals surface area contributed by atoms with Gasteiger partial charge in [-0.15, -0.1) is 11.3 Å². The van der Waals surface area contributed by atoms with Gasteiger partial charge < -0.3 is 5.32 Å². The summed E-state index contributed by atoms with van der Waals surface area (Å²) < 4.78 is 0. The molecule has 1 heterocycles. The van der Waals surface area contributed by atoms with Gasteiger partial charge in [-0.25, -0.2) is 4.98 Å². The van der Waals surface area contributed by atoms with Crippen LogP contribution in [0.1, 0.15) is 12.6 Å². The Morgan fingerprint density at radius 1 is 1.11 bits per heavy atom. The van der Waals surface area contributed by atoms with Crippen molar-refractivity contribution in [2.24, 2.45) is 0 Å². The number of nitrogens with zero attached hydrogens (tertiary/aromatic N) is 2. The minimum atomic E-state index is -0.334. The summed E-state index contributed by atoms with van der Waals surface area (Å²) in [5.41, 5.74) is 1.85. The standard InChI is InChI=1S/C20H15Cl2N3O2S/c1-13(26)25(16-5-3-2-4-6-16)20-24-15(12-28-20)8-10-19(27)23-14-7-9-17(21)18(22)11-14/h2-12H,1H3,(H,23,27). The molecule has 0 atom stereocenters. The summed E-state index contributed by atoms with van der Waals surface area (Å²) in [6, 6.07) is 14.1. The normalized spacial score (nSPS) is 10.8. The van der Waals surface area contributed by atoms with Crippen LogP contribution in [0.3, 0.4) is 0 Å². The second kappa shape index (κ2) is 9.01. The molecule has 0 radical (unpaired) electrons. The summed E-state index contributed by atoms with van der Waals surface area (Å²) in [5, 5.41) is 5.78. The SMILES string of the molecule is CC(=O)N(c1ccccc1)c1nc(C=CC(=O)Nc2ccc(Cl)c(Cl)c2)cs1. The van der Waals surface area contributed by atoms with Crippen molar-refractivity contribution in [3.05, 3.63) is 75.7 Å². The van der Waals surface area contributed by atoms with Crippen LogP contribution in [0, 0.1) is 0 Å². The average Bonchev–Trinajstić information content (AvgIpc) is 3.12. The molecule has 0 bridgehead atoms. The van der Waals surface area contributed by atoms with Gasteiger partial charge in [-0.3, -0.25) is 14.5 Å². The fourth-order valence-corrected chi connectivity index (χ4v) is 3.53. The first-order valence-corrected chi connectivity index (χ1v) is 9.83. The van der Waals surface area contributed by atoms with Crippen molar-refractivity contribution in [3.63, 3.8) is 0 Å². The number of nitrogens with one attached hydrogen (secondary N) is 1. The largest absolute Gasteiger partial charge is 0.322 e. The summed E-state index contributed by atoms with van der Waals surface area (Å²) in [4.78, 5) is 30.1. The summed E-state index contributed by atoms with van der Waals surface area (Å²) in [6.07, 6.45) is 2.94. The lowest BCUT2D eigenvalue weighted by Gasteiger charge is -2.17. The number of aromatic nitrogens is 1. The number of rotatable bonds is 5. The van der Waals surface area contributed by atoms with E-state index in [9.17, 15) is 9.59 Å². The number of hydrogen-bond acceptors (Lipinski definition) is 4. The van der Waals surface area contributed by atoms with Gasteiger partial charge >= 0.3 is 0 Å². The van der Waals surface area contributed by atoms with Crippen LogP contribution in [0.25, 0.3) is 6.08 Å². The van der Waals surface area contributed by atoms with E-state index in [2.05, 4.69) is 10.3 Å². The van der Waals surface area contributed by atoms with E-state index < -0.39 is 0 Å². The van der Waals surface area contributed by atoms with Gasteiger partial charge in [-0.05, 0) is 36.4 Å². The monoisotopic (exact) mass is 431 g/mol. The molecule has 5 nitrogen and oxygen atoms in total. The van der Waals surface area contributed by atoms with Crippen molar-refractivity contribution < 1.29 is 9.59 Å². The molecule has 0 fully saturated rings. The number of halogens is 2. The van der Waals surface area contributed by atoms with Crippen molar-refractivity contribution >= 4 is 68.9 Å². The molecular formula is C20H15Cl2N3O2S. The van der Waals surface area contributed by atoms with Gasteiger partial charge in [0.25, 0.3) is 0 Å². The molecule has 3 rings (SSSR count). The van der Waals surface area contributed by atoms with E-state index in [1.165, 1.54) is 29.2 Å². The average molecular weight is 432 g/mol. The van der Waals surface area contributed by atoms with Crippen LogP contribution in [-0.2, 0) is 9.59 Å². The number of carbonyl (C=O) groups is 2. The molecule has 0 saturated carbocycles. The Morgan fingerprint density at radius 3 is 2.54 bits per heavy atom. The van der Waals surface area contributed by atoms with E-state index in [1.54, 1.807) is 29.7 Å². The highest BCUT2D eigenvalue weighted by Gasteiger charge is 2.17. The quantitative estimate of drug-likeness (QED) is 0.520. The zero-order valence-corrected chi connectivity index (χ0v) is 17.1. The maximum atomic E-state index is 12.1. The predicted molar refractivity (Wildman–Crippen MR) is 116 cm³/mol. The Morgan fingerprint density at radius 2 is 1.86 bits per heavy atom. The van der Waals surface area contributed by atoms with Crippen LogP contribution in [0.15, 0.2) is 60.0 Å². The predicted octanol–water partition coefficient (Wildman–Crippen LogP) is 5.79. The van der Waals surface area contributed by atoms with Crippen LogP contribution in [-0.4, -0.2) is 16.8 Å². The van der Waals surface area contributed by atoms with Crippen molar-refractivity contribution in [3.8, 4) is 0 Å². The Kier molecular flexibility index (Phi) is 6.46. The minimum absolute atomic E-state index is 0.145. The first-order chi connectivity index (χ1) is 13.4. The number of anilines is 3. The maximum absolute atomic E-state index is 12.1. The minimum Gasteiger partial charge on any atom is -0.322 e. The Labute approximate surface area is 176 Å². The smallest absolute Gasteiger partial charge is 0.248 e. The Balaban J connectivity index is 1.71. The molecule has 2 aromatic carbocycles. The molecule has 0 aliphatic heterocycles. The second-order valence-corrected chi connectivity index (χ2v) is 7.35. The van der Waals surface area contributed by atoms with E-state index in [-0.39, 0.29) is 11.8 Å². The van der Waals surface area contributed by atoms with Gasteiger partial charge in [-0.1, -0.05) is 41.4 Å². The van der Waals surface area contributed by atoms with Crippen LogP contribution in [0.2, 0.25) is 10.0 Å². The molecule has 1 N–H and O–H groups in total. The van der Waals surface area contributed by atoms with Gasteiger partial charge in [0.2, 0.25) is 11.8 Å². The fraction of sp³-hybridized carbons (Fsp3) is 0.0500. The number of amides is 2.